The molecule has 0 aliphatic carbocycles. The Morgan fingerprint density at radius 3 is 2.53 bits per heavy atom. The van der Waals surface area contributed by atoms with Crippen LogP contribution in [-0.2, 0) is 0 Å². The summed E-state index contributed by atoms with van der Waals surface area (Å²) in [4.78, 5) is 15.3. The molecule has 2 N–H and O–H groups in total. The fraction of sp³-hybridized carbons (Fsp3) is 0.0714. The number of halogens is 1. The molecule has 0 bridgehead atoms. The first-order valence-corrected chi connectivity index (χ1v) is 6.29. The van der Waals surface area contributed by atoms with Crippen molar-refractivity contribution in [3.63, 3.8) is 0 Å². The number of hydrogen-bond donors (Lipinski definition) is 1. The minimum Gasteiger partial charge on any atom is -0.364 e. The van der Waals surface area contributed by atoms with Crippen LogP contribution in [0.3, 0.4) is 0 Å². The third-order valence-electron chi connectivity index (χ3n) is 2.72. The van der Waals surface area contributed by atoms with Crippen LogP contribution < -0.4 is 5.73 Å². The van der Waals surface area contributed by atoms with E-state index in [2.05, 4.69) is 27.0 Å². The Labute approximate surface area is 119 Å². The number of pyridine rings is 1. The van der Waals surface area contributed by atoms with Gasteiger partial charge in [-0.25, -0.2) is 4.98 Å². The zero-order chi connectivity index (χ0) is 14.0. The Hall–Kier alpha value is -2.19. The molecular weight excluding hydrogens is 306 g/mol. The highest BCUT2D eigenvalue weighted by atomic mass is 79.9. The van der Waals surface area contributed by atoms with Crippen LogP contribution in [0.1, 0.15) is 21.7 Å². The van der Waals surface area contributed by atoms with Gasteiger partial charge in [-0.15, -0.1) is 0 Å². The van der Waals surface area contributed by atoms with Gasteiger partial charge in [0.2, 0.25) is 0 Å². The topological polar surface area (TPSA) is 79.8 Å². The molecule has 0 saturated heterocycles. The summed E-state index contributed by atoms with van der Waals surface area (Å²) in [7, 11) is 0. The second-order valence-corrected chi connectivity index (χ2v) is 4.91. The number of carbonyl (C=O) groups is 1. The maximum atomic E-state index is 11.3. The van der Waals surface area contributed by atoms with Gasteiger partial charge in [0, 0.05) is 10.0 Å². The Kier molecular flexibility index (Phi) is 3.63. The number of amides is 1. The maximum Gasteiger partial charge on any atom is 0.267 e. The van der Waals surface area contributed by atoms with Crippen LogP contribution in [0.2, 0.25) is 0 Å². The molecule has 0 fully saturated rings. The standard InChI is InChI=1S/C14H10BrN3O/c1-8-12(7-16)11(6-13(18-8)14(17)19)9-2-4-10(15)5-3-9/h2-6H,1H3,(H2,17,19). The van der Waals surface area contributed by atoms with Crippen molar-refractivity contribution in [2.24, 2.45) is 5.73 Å². The number of aryl methyl sites for hydroxylation is 1. The third-order valence-corrected chi connectivity index (χ3v) is 3.25. The number of primary amides is 1. The van der Waals surface area contributed by atoms with Crippen molar-refractivity contribution in [2.45, 2.75) is 6.92 Å². The zero-order valence-electron chi connectivity index (χ0n) is 10.1. The van der Waals surface area contributed by atoms with E-state index in [0.29, 0.717) is 16.8 Å². The van der Waals surface area contributed by atoms with Gasteiger partial charge in [0.1, 0.15) is 11.8 Å². The van der Waals surface area contributed by atoms with Crippen LogP contribution >= 0.6 is 15.9 Å². The van der Waals surface area contributed by atoms with Gasteiger partial charge in [-0.2, -0.15) is 5.26 Å². The first kappa shape index (κ1) is 13.2. The van der Waals surface area contributed by atoms with Gasteiger partial charge in [0.15, 0.2) is 0 Å². The second kappa shape index (κ2) is 5.21. The van der Waals surface area contributed by atoms with Crippen molar-refractivity contribution >= 4 is 21.8 Å². The summed E-state index contributed by atoms with van der Waals surface area (Å²) >= 11 is 3.35. The zero-order valence-corrected chi connectivity index (χ0v) is 11.7. The molecule has 94 valence electrons. The Bertz CT molecular complexity index is 687. The minimum absolute atomic E-state index is 0.161. The van der Waals surface area contributed by atoms with E-state index in [4.69, 9.17) is 5.73 Å². The molecule has 0 radical (unpaired) electrons. The quantitative estimate of drug-likeness (QED) is 0.925. The molecule has 1 heterocycles. The Balaban J connectivity index is 2.70. The third kappa shape index (κ3) is 2.64. The number of nitrogens with two attached hydrogens (primary N) is 1. The SMILES string of the molecule is Cc1nc(C(N)=O)cc(-c2ccc(Br)cc2)c1C#N. The summed E-state index contributed by atoms with van der Waals surface area (Å²) in [6.45, 7) is 1.69. The second-order valence-electron chi connectivity index (χ2n) is 4.00. The predicted octanol–water partition coefficient (Wildman–Crippen LogP) is 2.79. The average Bonchev–Trinajstić information content (AvgIpc) is 2.38. The Morgan fingerprint density at radius 1 is 1.37 bits per heavy atom. The fourth-order valence-electron chi connectivity index (χ4n) is 1.80. The van der Waals surface area contributed by atoms with E-state index in [1.807, 2.05) is 24.3 Å². The van der Waals surface area contributed by atoms with Crippen molar-refractivity contribution in [1.82, 2.24) is 4.98 Å². The van der Waals surface area contributed by atoms with Crippen LogP contribution in [0.4, 0.5) is 0 Å². The number of rotatable bonds is 2. The summed E-state index contributed by atoms with van der Waals surface area (Å²) in [6, 6.07) is 11.1. The van der Waals surface area contributed by atoms with E-state index in [9.17, 15) is 10.1 Å². The van der Waals surface area contributed by atoms with Gasteiger partial charge >= 0.3 is 0 Å². The molecule has 0 unspecified atom stereocenters. The molecule has 1 amide bonds. The smallest absolute Gasteiger partial charge is 0.267 e. The normalized spacial score (nSPS) is 9.95. The average molecular weight is 316 g/mol. The van der Waals surface area contributed by atoms with Gasteiger partial charge in [0.25, 0.3) is 5.91 Å². The van der Waals surface area contributed by atoms with Crippen LogP contribution in [0.5, 0.6) is 0 Å². The number of carbonyl (C=O) groups excluding carboxylic acids is 1. The number of hydrogen-bond acceptors (Lipinski definition) is 3. The van der Waals surface area contributed by atoms with Crippen molar-refractivity contribution in [3.05, 3.63) is 51.8 Å². The van der Waals surface area contributed by atoms with Crippen LogP contribution in [0.25, 0.3) is 11.1 Å². The van der Waals surface area contributed by atoms with Gasteiger partial charge in [-0.05, 0) is 30.7 Å². The fourth-order valence-corrected chi connectivity index (χ4v) is 2.06. The van der Waals surface area contributed by atoms with Crippen molar-refractivity contribution < 1.29 is 4.79 Å². The molecule has 2 aromatic rings. The van der Waals surface area contributed by atoms with E-state index in [1.165, 1.54) is 0 Å². The van der Waals surface area contributed by atoms with Gasteiger partial charge in [0.05, 0.1) is 11.3 Å². The summed E-state index contributed by atoms with van der Waals surface area (Å²) in [5, 5.41) is 9.23. The van der Waals surface area contributed by atoms with Crippen molar-refractivity contribution in [1.29, 1.82) is 5.26 Å². The van der Waals surface area contributed by atoms with Crippen molar-refractivity contribution in [2.75, 3.05) is 0 Å². The summed E-state index contributed by atoms with van der Waals surface area (Å²) in [5.41, 5.74) is 7.87. The van der Waals surface area contributed by atoms with Gasteiger partial charge < -0.3 is 5.73 Å². The lowest BCUT2D eigenvalue weighted by Crippen LogP contribution is -2.14. The maximum absolute atomic E-state index is 11.3. The van der Waals surface area contributed by atoms with Gasteiger partial charge in [-0.3, -0.25) is 4.79 Å². The highest BCUT2D eigenvalue weighted by Crippen LogP contribution is 2.27. The lowest BCUT2D eigenvalue weighted by molar-refractivity contribution is 0.0995. The molecule has 1 aromatic carbocycles. The molecule has 0 aliphatic rings. The molecule has 19 heavy (non-hydrogen) atoms. The number of aromatic nitrogens is 1. The minimum atomic E-state index is -0.606. The van der Waals surface area contributed by atoms with E-state index in [1.54, 1.807) is 13.0 Å². The van der Waals surface area contributed by atoms with Crippen LogP contribution in [-0.4, -0.2) is 10.9 Å². The first-order valence-electron chi connectivity index (χ1n) is 5.50. The number of nitrogens with zero attached hydrogens (tertiary/aromatic N) is 2. The largest absolute Gasteiger partial charge is 0.364 e. The summed E-state index contributed by atoms with van der Waals surface area (Å²) in [6.07, 6.45) is 0. The molecule has 0 atom stereocenters. The molecule has 0 aliphatic heterocycles. The molecule has 0 saturated carbocycles. The van der Waals surface area contributed by atoms with E-state index >= 15 is 0 Å². The summed E-state index contributed by atoms with van der Waals surface area (Å²) in [5.74, 6) is -0.606. The van der Waals surface area contributed by atoms with Crippen LogP contribution in [0.15, 0.2) is 34.8 Å². The van der Waals surface area contributed by atoms with E-state index < -0.39 is 5.91 Å². The van der Waals surface area contributed by atoms with E-state index in [0.717, 1.165) is 10.0 Å². The molecule has 5 heteroatoms. The monoisotopic (exact) mass is 315 g/mol. The molecule has 1 aromatic heterocycles. The van der Waals surface area contributed by atoms with Crippen molar-refractivity contribution in [3.8, 4) is 17.2 Å². The first-order chi connectivity index (χ1) is 9.02. The lowest BCUT2D eigenvalue weighted by Gasteiger charge is -2.08. The van der Waals surface area contributed by atoms with Gasteiger partial charge in [-0.1, -0.05) is 28.1 Å². The Morgan fingerprint density at radius 2 is 2.00 bits per heavy atom. The molecule has 2 rings (SSSR count). The predicted molar refractivity (Wildman–Crippen MR) is 75.3 cm³/mol. The van der Waals surface area contributed by atoms with E-state index in [-0.39, 0.29) is 5.69 Å². The molecule has 4 nitrogen and oxygen atoms in total. The summed E-state index contributed by atoms with van der Waals surface area (Å²) < 4.78 is 0.940. The number of nitriles is 1. The molecular formula is C14H10BrN3O. The highest BCUT2D eigenvalue weighted by molar-refractivity contribution is 9.10. The number of benzene rings is 1. The lowest BCUT2D eigenvalue weighted by atomic mass is 9.99. The highest BCUT2D eigenvalue weighted by Gasteiger charge is 2.13. The molecule has 0 spiro atoms. The van der Waals surface area contributed by atoms with Crippen LogP contribution in [0, 0.1) is 18.3 Å².